The maximum atomic E-state index is 13.1. The lowest BCUT2D eigenvalue weighted by atomic mass is 9.93. The quantitative estimate of drug-likeness (QED) is 0.496. The van der Waals surface area contributed by atoms with E-state index >= 15 is 0 Å². The number of nitrogens with one attached hydrogen (secondary N) is 1. The van der Waals surface area contributed by atoms with Crippen LogP contribution in [-0.2, 0) is 16.6 Å². The molecule has 0 spiro atoms. The summed E-state index contributed by atoms with van der Waals surface area (Å²) >= 11 is 0. The second kappa shape index (κ2) is 9.20. The largest absolute Gasteiger partial charge is 0.508 e. The number of carbonyl (C=O) groups excluding carboxylic acids is 1. The number of hydrogen-bond acceptors (Lipinski definition) is 5. The Balaban J connectivity index is 1.38. The highest BCUT2D eigenvalue weighted by Gasteiger charge is 2.51. The molecular formula is C28H31N3O3. The fraction of sp³-hybridized carbons (Fsp3) is 0.357. The van der Waals surface area contributed by atoms with E-state index in [4.69, 9.17) is 0 Å². The van der Waals surface area contributed by atoms with Crippen LogP contribution in [0, 0.1) is 0 Å². The number of anilines is 1. The monoisotopic (exact) mass is 457 g/mol. The minimum atomic E-state index is -0.539. The van der Waals surface area contributed by atoms with Crippen molar-refractivity contribution >= 4 is 11.7 Å². The highest BCUT2D eigenvalue weighted by molar-refractivity contribution is 6.00. The topological polar surface area (TPSA) is 85.7 Å². The zero-order valence-corrected chi connectivity index (χ0v) is 19.4. The summed E-state index contributed by atoms with van der Waals surface area (Å²) in [4.78, 5) is 20.0. The van der Waals surface area contributed by atoms with Crippen LogP contribution in [0.2, 0.25) is 0 Å². The molecule has 1 saturated carbocycles. The van der Waals surface area contributed by atoms with Crippen LogP contribution in [0.5, 0.6) is 5.75 Å². The molecule has 3 aromatic rings. The van der Waals surface area contributed by atoms with E-state index in [1.165, 1.54) is 11.1 Å². The molecule has 5 rings (SSSR count). The molecule has 34 heavy (non-hydrogen) atoms. The summed E-state index contributed by atoms with van der Waals surface area (Å²) in [5.74, 6) is 0.665. The first-order valence-electron chi connectivity index (χ1n) is 12.1. The molecule has 2 aromatic carbocycles. The van der Waals surface area contributed by atoms with Crippen molar-refractivity contribution in [2.24, 2.45) is 0 Å². The van der Waals surface area contributed by atoms with Crippen molar-refractivity contribution in [3.63, 3.8) is 0 Å². The molecule has 2 aliphatic rings. The molecule has 2 fully saturated rings. The fourth-order valence-electron chi connectivity index (χ4n) is 5.14. The van der Waals surface area contributed by atoms with Gasteiger partial charge in [-0.25, -0.2) is 4.98 Å². The van der Waals surface area contributed by atoms with Crippen LogP contribution in [-0.4, -0.2) is 45.2 Å². The van der Waals surface area contributed by atoms with Gasteiger partial charge in [0, 0.05) is 19.3 Å². The molecule has 3 N–H and O–H groups in total. The Morgan fingerprint density at radius 1 is 1.15 bits per heavy atom. The lowest BCUT2D eigenvalue weighted by Crippen LogP contribution is -2.30. The van der Waals surface area contributed by atoms with Crippen molar-refractivity contribution in [2.45, 2.75) is 50.2 Å². The minimum Gasteiger partial charge on any atom is -0.508 e. The normalized spacial score (nSPS) is 20.1. The van der Waals surface area contributed by atoms with Gasteiger partial charge in [0.25, 0.3) is 0 Å². The number of carbonyl (C=O) groups is 1. The van der Waals surface area contributed by atoms with Gasteiger partial charge < -0.3 is 15.5 Å². The molecule has 1 unspecified atom stereocenters. The number of rotatable bonds is 7. The number of pyridine rings is 1. The van der Waals surface area contributed by atoms with Gasteiger partial charge >= 0.3 is 0 Å². The van der Waals surface area contributed by atoms with Crippen molar-refractivity contribution < 1.29 is 15.0 Å². The van der Waals surface area contributed by atoms with Crippen molar-refractivity contribution in [2.75, 3.05) is 18.4 Å². The molecule has 1 amide bonds. The Bertz CT molecular complexity index is 1160. The molecule has 1 aromatic heterocycles. The third kappa shape index (κ3) is 4.31. The highest BCUT2D eigenvalue weighted by Crippen LogP contribution is 2.49. The molecule has 2 atom stereocenters. The molecule has 0 radical (unpaired) electrons. The maximum absolute atomic E-state index is 13.1. The molecule has 0 bridgehead atoms. The average molecular weight is 458 g/mol. The molecule has 2 heterocycles. The van der Waals surface area contributed by atoms with Gasteiger partial charge in [-0.2, -0.15) is 0 Å². The summed E-state index contributed by atoms with van der Waals surface area (Å²) in [5, 5.41) is 22.7. The van der Waals surface area contributed by atoms with E-state index in [0.29, 0.717) is 12.4 Å². The molecule has 1 saturated heterocycles. The predicted molar refractivity (Wildman–Crippen MR) is 132 cm³/mol. The van der Waals surface area contributed by atoms with Gasteiger partial charge in [0.1, 0.15) is 11.6 Å². The van der Waals surface area contributed by atoms with Crippen LogP contribution in [0.25, 0.3) is 0 Å². The van der Waals surface area contributed by atoms with Crippen LogP contribution < -0.4 is 5.32 Å². The summed E-state index contributed by atoms with van der Waals surface area (Å²) in [7, 11) is 0. The van der Waals surface area contributed by atoms with Gasteiger partial charge in [-0.15, -0.1) is 0 Å². The van der Waals surface area contributed by atoms with Gasteiger partial charge in [0.2, 0.25) is 5.91 Å². The predicted octanol–water partition coefficient (Wildman–Crippen LogP) is 4.18. The standard InChI is InChI=1S/C28H31N3O3/c1-2-19-5-3-4-6-24(19)26(31-16-13-23(33)18-31)20-7-12-25(29-17-20)30-27(34)28(14-15-28)21-8-10-22(32)11-9-21/h3-12,17,23,26,32-33H,2,13-16,18H2,1H3,(H,29,30,34)/t23-,26?/m1/s1. The lowest BCUT2D eigenvalue weighted by Gasteiger charge is -2.30. The maximum Gasteiger partial charge on any atom is 0.236 e. The number of aromatic nitrogens is 1. The third-order valence-electron chi connectivity index (χ3n) is 7.24. The Morgan fingerprint density at radius 2 is 1.91 bits per heavy atom. The lowest BCUT2D eigenvalue weighted by molar-refractivity contribution is -0.118. The number of aliphatic hydroxyl groups is 1. The summed E-state index contributed by atoms with van der Waals surface area (Å²) in [6.45, 7) is 3.63. The third-order valence-corrected chi connectivity index (χ3v) is 7.24. The SMILES string of the molecule is CCc1ccccc1C(c1ccc(NC(=O)C2(c3ccc(O)cc3)CC2)nc1)N1CC[C@@H](O)C1. The molecular weight excluding hydrogens is 426 g/mol. The number of nitrogens with zero attached hydrogens (tertiary/aromatic N) is 2. The van der Waals surface area contributed by atoms with Crippen molar-refractivity contribution in [1.29, 1.82) is 0 Å². The number of aliphatic hydroxyl groups excluding tert-OH is 1. The van der Waals surface area contributed by atoms with Crippen LogP contribution in [0.4, 0.5) is 5.82 Å². The summed E-state index contributed by atoms with van der Waals surface area (Å²) < 4.78 is 0. The second-order valence-electron chi connectivity index (χ2n) is 9.45. The van der Waals surface area contributed by atoms with Crippen molar-refractivity contribution in [3.8, 4) is 5.75 Å². The number of phenolic OH excluding ortho intramolecular Hbond substituents is 1. The Kier molecular flexibility index (Phi) is 6.11. The van der Waals surface area contributed by atoms with E-state index in [2.05, 4.69) is 46.4 Å². The Morgan fingerprint density at radius 3 is 2.53 bits per heavy atom. The van der Waals surface area contributed by atoms with Crippen molar-refractivity contribution in [3.05, 3.63) is 89.1 Å². The van der Waals surface area contributed by atoms with Gasteiger partial charge in [0.05, 0.1) is 17.6 Å². The van der Waals surface area contributed by atoms with Gasteiger partial charge in [0.15, 0.2) is 0 Å². The number of β-amino-alcohol motifs (C(OH)–C–C–N with tert-alkyl or cyclic N) is 1. The number of amides is 1. The van der Waals surface area contributed by atoms with Gasteiger partial charge in [-0.1, -0.05) is 49.4 Å². The minimum absolute atomic E-state index is 0.0114. The van der Waals surface area contributed by atoms with Crippen LogP contribution in [0.15, 0.2) is 66.9 Å². The highest BCUT2D eigenvalue weighted by atomic mass is 16.3. The Hall–Kier alpha value is -3.22. The zero-order chi connectivity index (χ0) is 23.7. The van der Waals surface area contributed by atoms with Crippen LogP contribution in [0.3, 0.4) is 0 Å². The number of benzene rings is 2. The van der Waals surface area contributed by atoms with E-state index in [-0.39, 0.29) is 23.8 Å². The number of aryl methyl sites for hydroxylation is 1. The van der Waals surface area contributed by atoms with Crippen LogP contribution in [0.1, 0.15) is 54.5 Å². The van der Waals surface area contributed by atoms with Gasteiger partial charge in [-0.05, 0) is 66.1 Å². The number of likely N-dealkylation sites (tertiary alicyclic amines) is 1. The summed E-state index contributed by atoms with van der Waals surface area (Å²) in [5.41, 5.74) is 3.95. The van der Waals surface area contributed by atoms with Crippen LogP contribution >= 0.6 is 0 Å². The first kappa shape index (κ1) is 22.6. The molecule has 6 heteroatoms. The zero-order valence-electron chi connectivity index (χ0n) is 19.4. The summed E-state index contributed by atoms with van der Waals surface area (Å²) in [6, 6.07) is 19.3. The van der Waals surface area contributed by atoms with E-state index in [1.807, 2.05) is 30.5 Å². The average Bonchev–Trinajstić information content (AvgIpc) is 3.56. The molecule has 6 nitrogen and oxygen atoms in total. The van der Waals surface area contributed by atoms with Gasteiger partial charge in [-0.3, -0.25) is 9.69 Å². The fourth-order valence-corrected chi connectivity index (χ4v) is 5.14. The molecule has 1 aliphatic carbocycles. The van der Waals surface area contributed by atoms with E-state index in [9.17, 15) is 15.0 Å². The first-order valence-corrected chi connectivity index (χ1v) is 12.1. The molecule has 1 aliphatic heterocycles. The number of phenols is 1. The van der Waals surface area contributed by atoms with Crippen molar-refractivity contribution in [1.82, 2.24) is 9.88 Å². The van der Waals surface area contributed by atoms with E-state index in [0.717, 1.165) is 43.4 Å². The number of hydrogen-bond donors (Lipinski definition) is 3. The second-order valence-corrected chi connectivity index (χ2v) is 9.45. The van der Waals surface area contributed by atoms with E-state index in [1.54, 1.807) is 12.1 Å². The first-order chi connectivity index (χ1) is 16.5. The number of aromatic hydroxyl groups is 1. The smallest absolute Gasteiger partial charge is 0.236 e. The Labute approximate surface area is 200 Å². The summed E-state index contributed by atoms with van der Waals surface area (Å²) in [6.07, 6.45) is 4.81. The van der Waals surface area contributed by atoms with E-state index < -0.39 is 5.41 Å². The molecule has 176 valence electrons.